The number of likely N-dealkylation sites (N-methyl/N-ethyl adjacent to an activating group) is 1. The zero-order valence-electron chi connectivity index (χ0n) is 16.8. The molecule has 0 aliphatic carbocycles. The molecule has 0 bridgehead atoms. The molecule has 3 aromatic rings. The van der Waals surface area contributed by atoms with E-state index in [1.807, 2.05) is 30.3 Å². The van der Waals surface area contributed by atoms with Gasteiger partial charge >= 0.3 is 6.18 Å². The number of nitrogens with one attached hydrogen (secondary N) is 2. The number of benzene rings is 1. The number of nitrogens with zero attached hydrogens (tertiary/aromatic N) is 2. The Balaban J connectivity index is 1.77. The molecule has 162 valence electrons. The van der Waals surface area contributed by atoms with Crippen LogP contribution < -0.4 is 10.1 Å². The van der Waals surface area contributed by atoms with Crippen LogP contribution >= 0.6 is 0 Å². The largest absolute Gasteiger partial charge is 0.491 e. The number of para-hydroxylation sites is 1. The van der Waals surface area contributed by atoms with Crippen molar-refractivity contribution in [2.24, 2.45) is 0 Å². The topological polar surface area (TPSA) is 70.2 Å². The molecule has 1 aromatic carbocycles. The van der Waals surface area contributed by atoms with Gasteiger partial charge in [0.1, 0.15) is 5.75 Å². The smallest absolute Gasteiger partial charge is 0.392 e. The van der Waals surface area contributed by atoms with Gasteiger partial charge in [0.2, 0.25) is 0 Å². The molecule has 2 aromatic heterocycles. The fourth-order valence-corrected chi connectivity index (χ4v) is 3.52. The molecule has 0 fully saturated rings. The van der Waals surface area contributed by atoms with Crippen molar-refractivity contribution in [2.45, 2.75) is 19.0 Å². The Hall–Kier alpha value is -3.49. The van der Waals surface area contributed by atoms with Gasteiger partial charge in [-0.2, -0.15) is 13.2 Å². The van der Waals surface area contributed by atoms with Gasteiger partial charge in [-0.25, -0.2) is 0 Å². The summed E-state index contributed by atoms with van der Waals surface area (Å²) >= 11 is 0. The van der Waals surface area contributed by atoms with Crippen LogP contribution in [0.25, 0.3) is 11.3 Å². The highest BCUT2D eigenvalue weighted by Gasteiger charge is 2.31. The molecule has 0 radical (unpaired) electrons. The fourth-order valence-electron chi connectivity index (χ4n) is 3.52. The van der Waals surface area contributed by atoms with Crippen molar-refractivity contribution in [3.05, 3.63) is 60.0 Å². The van der Waals surface area contributed by atoms with Crippen molar-refractivity contribution in [1.29, 1.82) is 0 Å². The Kier molecular flexibility index (Phi) is 5.58. The second-order valence-electron chi connectivity index (χ2n) is 7.28. The lowest BCUT2D eigenvalue weighted by atomic mass is 10.0. The number of alkyl halides is 3. The van der Waals surface area contributed by atoms with Crippen LogP contribution in [0.4, 0.5) is 24.5 Å². The number of carbonyl (C=O) groups is 1. The second-order valence-corrected chi connectivity index (χ2v) is 7.28. The van der Waals surface area contributed by atoms with Crippen molar-refractivity contribution in [1.82, 2.24) is 14.9 Å². The van der Waals surface area contributed by atoms with Crippen LogP contribution in [-0.2, 0) is 6.42 Å². The quantitative estimate of drug-likeness (QED) is 0.591. The number of anilines is 2. The molecule has 1 aliphatic rings. The van der Waals surface area contributed by atoms with Gasteiger partial charge in [-0.15, -0.1) is 0 Å². The van der Waals surface area contributed by atoms with E-state index in [0.29, 0.717) is 35.5 Å². The summed E-state index contributed by atoms with van der Waals surface area (Å²) in [6.07, 6.45) is -1.83. The minimum Gasteiger partial charge on any atom is -0.491 e. The molecule has 9 heteroatoms. The van der Waals surface area contributed by atoms with Gasteiger partial charge in [-0.05, 0) is 18.2 Å². The molecule has 0 atom stereocenters. The van der Waals surface area contributed by atoms with Gasteiger partial charge < -0.3 is 19.9 Å². The van der Waals surface area contributed by atoms with E-state index in [4.69, 9.17) is 4.74 Å². The summed E-state index contributed by atoms with van der Waals surface area (Å²) < 4.78 is 43.1. The zero-order valence-corrected chi connectivity index (χ0v) is 16.8. The van der Waals surface area contributed by atoms with Gasteiger partial charge in [0.05, 0.1) is 36.2 Å². The molecule has 0 saturated carbocycles. The monoisotopic (exact) mass is 430 g/mol. The third-order valence-corrected chi connectivity index (χ3v) is 5.08. The van der Waals surface area contributed by atoms with E-state index in [-0.39, 0.29) is 11.7 Å². The van der Waals surface area contributed by atoms with Crippen LogP contribution in [0.5, 0.6) is 5.75 Å². The molecule has 0 saturated heterocycles. The Morgan fingerprint density at radius 1 is 1.23 bits per heavy atom. The Labute approximate surface area is 177 Å². The number of hydrogen-bond acceptors (Lipinski definition) is 4. The SMILES string of the molecule is CN1CCc2[nH]c(-c3ccncc3OCCC(F)(F)F)c(Nc3ccccc3)c2C1=O. The summed E-state index contributed by atoms with van der Waals surface area (Å²) in [5.41, 5.74) is 3.73. The third-order valence-electron chi connectivity index (χ3n) is 5.08. The minimum atomic E-state index is -4.31. The summed E-state index contributed by atoms with van der Waals surface area (Å²) in [4.78, 5) is 21.9. The number of H-pyrrole nitrogens is 1. The number of carbonyl (C=O) groups excluding carboxylic acids is 1. The number of ether oxygens (including phenoxy) is 1. The Morgan fingerprint density at radius 2 is 2.00 bits per heavy atom. The summed E-state index contributed by atoms with van der Waals surface area (Å²) in [5, 5.41) is 3.30. The first-order chi connectivity index (χ1) is 14.8. The molecule has 2 N–H and O–H groups in total. The third kappa shape index (κ3) is 4.50. The average molecular weight is 430 g/mol. The minimum absolute atomic E-state index is 0.129. The van der Waals surface area contributed by atoms with E-state index in [0.717, 1.165) is 11.4 Å². The highest BCUT2D eigenvalue weighted by molar-refractivity contribution is 6.06. The van der Waals surface area contributed by atoms with Gasteiger partial charge in [0, 0.05) is 43.2 Å². The summed E-state index contributed by atoms with van der Waals surface area (Å²) in [6.45, 7) is 0.0492. The second kappa shape index (κ2) is 8.33. The van der Waals surface area contributed by atoms with Crippen LogP contribution in [0.3, 0.4) is 0 Å². The van der Waals surface area contributed by atoms with Crippen molar-refractivity contribution in [3.63, 3.8) is 0 Å². The van der Waals surface area contributed by atoms with Crippen LogP contribution in [0, 0.1) is 0 Å². The number of rotatable bonds is 6. The molecule has 4 rings (SSSR count). The lowest BCUT2D eigenvalue weighted by Crippen LogP contribution is -2.34. The lowest BCUT2D eigenvalue weighted by Gasteiger charge is -2.23. The van der Waals surface area contributed by atoms with E-state index < -0.39 is 19.2 Å². The first-order valence-electron chi connectivity index (χ1n) is 9.80. The molecule has 6 nitrogen and oxygen atoms in total. The van der Waals surface area contributed by atoms with Crippen molar-refractivity contribution in [3.8, 4) is 17.0 Å². The number of pyridine rings is 1. The highest BCUT2D eigenvalue weighted by atomic mass is 19.4. The predicted octanol–water partition coefficient (Wildman–Crippen LogP) is 4.78. The molecule has 31 heavy (non-hydrogen) atoms. The van der Waals surface area contributed by atoms with Gasteiger partial charge in [0.15, 0.2) is 0 Å². The Morgan fingerprint density at radius 3 is 2.74 bits per heavy atom. The fraction of sp³-hybridized carbons (Fsp3) is 0.273. The van der Waals surface area contributed by atoms with Crippen molar-refractivity contribution in [2.75, 3.05) is 25.5 Å². The van der Waals surface area contributed by atoms with Crippen LogP contribution in [0.2, 0.25) is 0 Å². The predicted molar refractivity (Wildman–Crippen MR) is 111 cm³/mol. The molecule has 3 heterocycles. The highest BCUT2D eigenvalue weighted by Crippen LogP contribution is 2.41. The molecule has 0 spiro atoms. The molecule has 0 unspecified atom stereocenters. The van der Waals surface area contributed by atoms with E-state index in [1.54, 1.807) is 18.0 Å². The van der Waals surface area contributed by atoms with Crippen LogP contribution in [0.1, 0.15) is 22.5 Å². The van der Waals surface area contributed by atoms with E-state index >= 15 is 0 Å². The standard InChI is InChI=1S/C22H21F3N4O2/c1-29-11-8-16-18(21(29)30)20(27-14-5-3-2-4-6-14)19(28-16)15-7-10-26-13-17(15)31-12-9-22(23,24)25/h2-7,10,13,27-28H,8-9,11-12H2,1H3. The van der Waals surface area contributed by atoms with Crippen molar-refractivity contribution >= 4 is 17.3 Å². The van der Waals surface area contributed by atoms with E-state index in [1.165, 1.54) is 12.4 Å². The van der Waals surface area contributed by atoms with Crippen molar-refractivity contribution < 1.29 is 22.7 Å². The normalized spacial score (nSPS) is 13.8. The zero-order chi connectivity index (χ0) is 22.0. The number of aromatic amines is 1. The van der Waals surface area contributed by atoms with E-state index in [2.05, 4.69) is 15.3 Å². The molecule has 1 aliphatic heterocycles. The maximum atomic E-state index is 12.9. The number of halogens is 3. The summed E-state index contributed by atoms with van der Waals surface area (Å²) in [6, 6.07) is 11.0. The van der Waals surface area contributed by atoms with Gasteiger partial charge in [0.25, 0.3) is 5.91 Å². The summed E-state index contributed by atoms with van der Waals surface area (Å²) in [5.74, 6) is 0.0815. The Bertz CT molecular complexity index is 1080. The molecular weight excluding hydrogens is 409 g/mol. The molecular formula is C22H21F3N4O2. The first kappa shape index (κ1) is 20.8. The maximum Gasteiger partial charge on any atom is 0.392 e. The number of aromatic nitrogens is 2. The first-order valence-corrected chi connectivity index (χ1v) is 9.80. The summed E-state index contributed by atoms with van der Waals surface area (Å²) in [7, 11) is 1.74. The number of hydrogen-bond donors (Lipinski definition) is 2. The maximum absolute atomic E-state index is 12.9. The average Bonchev–Trinajstić information content (AvgIpc) is 3.10. The number of fused-ring (bicyclic) bond motifs is 1. The van der Waals surface area contributed by atoms with Gasteiger partial charge in [-0.3, -0.25) is 9.78 Å². The lowest BCUT2D eigenvalue weighted by molar-refractivity contribution is -0.139. The van der Waals surface area contributed by atoms with Gasteiger partial charge in [-0.1, -0.05) is 18.2 Å². The number of amides is 1. The van der Waals surface area contributed by atoms with E-state index in [9.17, 15) is 18.0 Å². The molecule has 1 amide bonds. The van der Waals surface area contributed by atoms with Crippen LogP contribution in [0.15, 0.2) is 48.8 Å². The van der Waals surface area contributed by atoms with Crippen LogP contribution in [-0.4, -0.2) is 47.2 Å².